The topological polar surface area (TPSA) is 65.4 Å². The van der Waals surface area contributed by atoms with Crippen LogP contribution in [0.4, 0.5) is 0 Å². The van der Waals surface area contributed by atoms with Gasteiger partial charge in [-0.15, -0.1) is 0 Å². The van der Waals surface area contributed by atoms with Crippen molar-refractivity contribution in [3.05, 3.63) is 52.8 Å². The Morgan fingerprint density at radius 3 is 2.83 bits per heavy atom. The first kappa shape index (κ1) is 16.7. The SMILES string of the molecule is Cc1cc(C)n(Cc2cccc(CNC(=O)C3COCCO3)c2)n1. The number of carbonyl (C=O) groups is 1. The second kappa shape index (κ2) is 7.59. The highest BCUT2D eigenvalue weighted by molar-refractivity contribution is 5.80. The van der Waals surface area contributed by atoms with E-state index in [4.69, 9.17) is 9.47 Å². The number of carbonyl (C=O) groups excluding carboxylic acids is 1. The standard InChI is InChI=1S/C18H23N3O3/c1-13-8-14(2)21(20-13)11-16-5-3-4-15(9-16)10-19-18(22)17-12-23-6-7-24-17/h3-5,8-9,17H,6-7,10-12H2,1-2H3,(H,19,22). The fourth-order valence-corrected chi connectivity index (χ4v) is 2.79. The largest absolute Gasteiger partial charge is 0.376 e. The Morgan fingerprint density at radius 1 is 1.29 bits per heavy atom. The molecule has 1 N–H and O–H groups in total. The highest BCUT2D eigenvalue weighted by Crippen LogP contribution is 2.10. The van der Waals surface area contributed by atoms with Crippen LogP contribution in [0.2, 0.25) is 0 Å². The molecule has 24 heavy (non-hydrogen) atoms. The number of rotatable bonds is 5. The number of nitrogens with one attached hydrogen (secondary N) is 1. The van der Waals surface area contributed by atoms with Crippen LogP contribution in [-0.2, 0) is 27.4 Å². The van der Waals surface area contributed by atoms with E-state index in [1.165, 1.54) is 0 Å². The van der Waals surface area contributed by atoms with Crippen LogP contribution < -0.4 is 5.32 Å². The van der Waals surface area contributed by atoms with Gasteiger partial charge >= 0.3 is 0 Å². The number of hydrogen-bond acceptors (Lipinski definition) is 4. The third-order valence-corrected chi connectivity index (χ3v) is 4.00. The molecule has 128 valence electrons. The summed E-state index contributed by atoms with van der Waals surface area (Å²) in [6, 6.07) is 10.2. The van der Waals surface area contributed by atoms with Crippen LogP contribution in [0.25, 0.3) is 0 Å². The maximum Gasteiger partial charge on any atom is 0.251 e. The minimum atomic E-state index is -0.503. The van der Waals surface area contributed by atoms with Crippen molar-refractivity contribution in [3.63, 3.8) is 0 Å². The van der Waals surface area contributed by atoms with Crippen LogP contribution in [0.15, 0.2) is 30.3 Å². The van der Waals surface area contributed by atoms with Gasteiger partial charge in [0.2, 0.25) is 0 Å². The first-order valence-corrected chi connectivity index (χ1v) is 8.18. The molecule has 3 rings (SSSR count). The predicted octanol–water partition coefficient (Wildman–Crippen LogP) is 1.58. The third kappa shape index (κ3) is 4.21. The van der Waals surface area contributed by atoms with Crippen molar-refractivity contribution < 1.29 is 14.3 Å². The molecule has 0 bridgehead atoms. The van der Waals surface area contributed by atoms with E-state index in [2.05, 4.69) is 35.5 Å². The van der Waals surface area contributed by atoms with Crippen molar-refractivity contribution in [1.82, 2.24) is 15.1 Å². The monoisotopic (exact) mass is 329 g/mol. The number of aryl methyl sites for hydroxylation is 2. The maximum absolute atomic E-state index is 12.1. The van der Waals surface area contributed by atoms with Gasteiger partial charge in [-0.2, -0.15) is 5.10 Å². The van der Waals surface area contributed by atoms with Crippen LogP contribution in [0.5, 0.6) is 0 Å². The molecule has 0 aliphatic carbocycles. The Morgan fingerprint density at radius 2 is 2.12 bits per heavy atom. The fourth-order valence-electron chi connectivity index (χ4n) is 2.79. The average Bonchev–Trinajstić information content (AvgIpc) is 2.91. The zero-order chi connectivity index (χ0) is 16.9. The van der Waals surface area contributed by atoms with Gasteiger partial charge in [0.05, 0.1) is 32.1 Å². The first-order chi connectivity index (χ1) is 11.6. The number of ether oxygens (including phenoxy) is 2. The molecular formula is C18H23N3O3. The van der Waals surface area contributed by atoms with E-state index < -0.39 is 6.10 Å². The van der Waals surface area contributed by atoms with Crippen molar-refractivity contribution in [3.8, 4) is 0 Å². The minimum absolute atomic E-state index is 0.126. The molecule has 1 amide bonds. The molecule has 1 aliphatic heterocycles. The van der Waals surface area contributed by atoms with Gasteiger partial charge in [0.15, 0.2) is 6.10 Å². The van der Waals surface area contributed by atoms with Gasteiger partial charge in [-0.05, 0) is 31.0 Å². The summed E-state index contributed by atoms with van der Waals surface area (Å²) >= 11 is 0. The smallest absolute Gasteiger partial charge is 0.251 e. The molecule has 6 nitrogen and oxygen atoms in total. The summed E-state index contributed by atoms with van der Waals surface area (Å²) in [6.07, 6.45) is -0.503. The van der Waals surface area contributed by atoms with E-state index >= 15 is 0 Å². The maximum atomic E-state index is 12.1. The molecule has 6 heteroatoms. The Labute approximate surface area is 141 Å². The van der Waals surface area contributed by atoms with E-state index in [1.54, 1.807) is 0 Å². The number of aromatic nitrogens is 2. The third-order valence-electron chi connectivity index (χ3n) is 4.00. The Kier molecular flexibility index (Phi) is 5.27. The molecule has 0 spiro atoms. The van der Waals surface area contributed by atoms with Crippen molar-refractivity contribution in [2.24, 2.45) is 0 Å². The summed E-state index contributed by atoms with van der Waals surface area (Å²) in [5, 5.41) is 7.40. The minimum Gasteiger partial charge on any atom is -0.376 e. The molecule has 1 aromatic heterocycles. The number of hydrogen-bond donors (Lipinski definition) is 1. The van der Waals surface area contributed by atoms with E-state index in [0.717, 1.165) is 29.1 Å². The molecule has 1 unspecified atom stereocenters. The zero-order valence-electron chi connectivity index (χ0n) is 14.1. The van der Waals surface area contributed by atoms with Gasteiger partial charge in [0, 0.05) is 12.2 Å². The molecule has 0 saturated carbocycles. The Hall–Kier alpha value is -2.18. The second-order valence-electron chi connectivity index (χ2n) is 6.06. The van der Waals surface area contributed by atoms with Gasteiger partial charge in [0.1, 0.15) is 0 Å². The van der Waals surface area contributed by atoms with Gasteiger partial charge in [-0.1, -0.05) is 24.3 Å². The van der Waals surface area contributed by atoms with E-state index in [-0.39, 0.29) is 5.91 Å². The molecule has 2 heterocycles. The summed E-state index contributed by atoms with van der Waals surface area (Å²) in [5.41, 5.74) is 4.37. The van der Waals surface area contributed by atoms with Crippen molar-refractivity contribution in [2.75, 3.05) is 19.8 Å². The number of benzene rings is 1. The molecular weight excluding hydrogens is 306 g/mol. The molecule has 0 radical (unpaired) electrons. The summed E-state index contributed by atoms with van der Waals surface area (Å²) in [4.78, 5) is 12.1. The van der Waals surface area contributed by atoms with Gasteiger partial charge in [-0.25, -0.2) is 0 Å². The molecule has 1 aromatic carbocycles. The van der Waals surface area contributed by atoms with E-state index in [1.807, 2.05) is 23.7 Å². The summed E-state index contributed by atoms with van der Waals surface area (Å²) in [5.74, 6) is -0.126. The lowest BCUT2D eigenvalue weighted by Gasteiger charge is -2.22. The first-order valence-electron chi connectivity index (χ1n) is 8.18. The lowest BCUT2D eigenvalue weighted by molar-refractivity contribution is -0.147. The van der Waals surface area contributed by atoms with Gasteiger partial charge in [-0.3, -0.25) is 9.48 Å². The Balaban J connectivity index is 1.58. The van der Waals surface area contributed by atoms with Crippen molar-refractivity contribution in [1.29, 1.82) is 0 Å². The van der Waals surface area contributed by atoms with Gasteiger partial charge < -0.3 is 14.8 Å². The highest BCUT2D eigenvalue weighted by Gasteiger charge is 2.22. The highest BCUT2D eigenvalue weighted by atomic mass is 16.6. The molecule has 1 atom stereocenters. The summed E-state index contributed by atoms with van der Waals surface area (Å²) < 4.78 is 12.6. The van der Waals surface area contributed by atoms with Gasteiger partial charge in [0.25, 0.3) is 5.91 Å². The molecule has 2 aromatic rings. The van der Waals surface area contributed by atoms with Crippen molar-refractivity contribution >= 4 is 5.91 Å². The molecule has 1 fully saturated rings. The Bertz CT molecular complexity index is 705. The zero-order valence-corrected chi connectivity index (χ0v) is 14.1. The average molecular weight is 329 g/mol. The van der Waals surface area contributed by atoms with Crippen LogP contribution in [0.3, 0.4) is 0 Å². The number of nitrogens with zero attached hydrogens (tertiary/aromatic N) is 2. The van der Waals surface area contributed by atoms with Crippen LogP contribution in [0, 0.1) is 13.8 Å². The van der Waals surface area contributed by atoms with E-state index in [9.17, 15) is 4.79 Å². The molecule has 1 aliphatic rings. The predicted molar refractivity (Wildman–Crippen MR) is 89.7 cm³/mol. The normalized spacial score (nSPS) is 17.7. The van der Waals surface area contributed by atoms with Crippen LogP contribution >= 0.6 is 0 Å². The van der Waals surface area contributed by atoms with E-state index in [0.29, 0.717) is 26.4 Å². The molecule has 1 saturated heterocycles. The lowest BCUT2D eigenvalue weighted by atomic mass is 10.1. The lowest BCUT2D eigenvalue weighted by Crippen LogP contribution is -2.42. The quantitative estimate of drug-likeness (QED) is 0.904. The number of amides is 1. The van der Waals surface area contributed by atoms with Crippen LogP contribution in [-0.4, -0.2) is 41.6 Å². The van der Waals surface area contributed by atoms with Crippen molar-refractivity contribution in [2.45, 2.75) is 33.0 Å². The second-order valence-corrected chi connectivity index (χ2v) is 6.06. The fraction of sp³-hybridized carbons (Fsp3) is 0.444. The summed E-state index contributed by atoms with van der Waals surface area (Å²) in [7, 11) is 0. The van der Waals surface area contributed by atoms with Crippen LogP contribution in [0.1, 0.15) is 22.5 Å². The summed E-state index contributed by atoms with van der Waals surface area (Å²) in [6.45, 7) is 6.59.